The van der Waals surface area contributed by atoms with Gasteiger partial charge in [-0.2, -0.15) is 5.10 Å². The highest BCUT2D eigenvalue weighted by molar-refractivity contribution is 6.07. The molecule has 3 aromatic rings. The first kappa shape index (κ1) is 19.1. The lowest BCUT2D eigenvalue weighted by Gasteiger charge is -2.11. The van der Waals surface area contributed by atoms with Crippen LogP contribution in [-0.4, -0.2) is 38.7 Å². The number of fused-ring (bicyclic) bond motifs is 1. The van der Waals surface area contributed by atoms with Crippen LogP contribution in [0.2, 0.25) is 0 Å². The van der Waals surface area contributed by atoms with Gasteiger partial charge in [0.2, 0.25) is 0 Å². The van der Waals surface area contributed by atoms with E-state index < -0.39 is 5.91 Å². The summed E-state index contributed by atoms with van der Waals surface area (Å²) in [6.45, 7) is -0.154. The van der Waals surface area contributed by atoms with E-state index in [1.165, 1.54) is 0 Å². The highest BCUT2D eigenvalue weighted by atomic mass is 16.2. The summed E-state index contributed by atoms with van der Waals surface area (Å²) in [6.07, 6.45) is 1.56. The Labute approximate surface area is 163 Å². The zero-order valence-electron chi connectivity index (χ0n) is 15.8. The summed E-state index contributed by atoms with van der Waals surface area (Å²) in [7, 11) is 3.94. The van der Waals surface area contributed by atoms with E-state index in [2.05, 4.69) is 15.8 Å². The summed E-state index contributed by atoms with van der Waals surface area (Å²) >= 11 is 0. The van der Waals surface area contributed by atoms with Crippen LogP contribution in [0.25, 0.3) is 10.8 Å². The van der Waals surface area contributed by atoms with Crippen LogP contribution < -0.4 is 15.6 Å². The average Bonchev–Trinajstić information content (AvgIpc) is 2.72. The van der Waals surface area contributed by atoms with E-state index in [9.17, 15) is 9.59 Å². The molecule has 0 heterocycles. The second-order valence-corrected chi connectivity index (χ2v) is 6.49. The van der Waals surface area contributed by atoms with Crippen molar-refractivity contribution < 1.29 is 9.59 Å². The summed E-state index contributed by atoms with van der Waals surface area (Å²) in [5.74, 6) is -0.690. The third kappa shape index (κ3) is 4.73. The van der Waals surface area contributed by atoms with Crippen LogP contribution in [0.4, 0.5) is 5.69 Å². The first-order chi connectivity index (χ1) is 13.5. The standard InChI is InChI=1S/C22H22N4O2/c1-26(2)18-12-10-16(11-13-18)14-24-25-21(27)15-23-22(28)20-9-5-7-17-6-3-4-8-19(17)20/h3-14H,15H2,1-2H3,(H,23,28)(H,25,27). The average molecular weight is 374 g/mol. The monoisotopic (exact) mass is 374 g/mol. The Bertz CT molecular complexity index is 1010. The van der Waals surface area contributed by atoms with Crippen molar-refractivity contribution in [2.45, 2.75) is 0 Å². The lowest BCUT2D eigenvalue weighted by molar-refractivity contribution is -0.120. The van der Waals surface area contributed by atoms with Crippen molar-refractivity contribution in [3.63, 3.8) is 0 Å². The van der Waals surface area contributed by atoms with E-state index in [0.717, 1.165) is 22.0 Å². The van der Waals surface area contributed by atoms with Crippen molar-refractivity contribution in [1.82, 2.24) is 10.7 Å². The van der Waals surface area contributed by atoms with Crippen molar-refractivity contribution in [2.75, 3.05) is 25.5 Å². The smallest absolute Gasteiger partial charge is 0.259 e. The lowest BCUT2D eigenvalue weighted by Crippen LogP contribution is -2.35. The van der Waals surface area contributed by atoms with E-state index in [1.54, 1.807) is 12.3 Å². The second kappa shape index (κ2) is 8.81. The minimum absolute atomic E-state index is 0.154. The Kier molecular flexibility index (Phi) is 6.01. The molecule has 0 radical (unpaired) electrons. The molecule has 2 amide bonds. The Morgan fingerprint density at radius 2 is 1.68 bits per heavy atom. The first-order valence-corrected chi connectivity index (χ1v) is 8.90. The number of benzene rings is 3. The number of hydrazone groups is 1. The number of hydrogen-bond acceptors (Lipinski definition) is 4. The number of hydrogen-bond donors (Lipinski definition) is 2. The van der Waals surface area contributed by atoms with Crippen LogP contribution in [0, 0.1) is 0 Å². The van der Waals surface area contributed by atoms with Crippen LogP contribution in [-0.2, 0) is 4.79 Å². The van der Waals surface area contributed by atoms with E-state index in [4.69, 9.17) is 0 Å². The molecular weight excluding hydrogens is 352 g/mol. The van der Waals surface area contributed by atoms with Gasteiger partial charge in [-0.1, -0.05) is 48.5 Å². The van der Waals surface area contributed by atoms with E-state index in [0.29, 0.717) is 5.56 Å². The van der Waals surface area contributed by atoms with Crippen molar-refractivity contribution in [2.24, 2.45) is 5.10 Å². The summed E-state index contributed by atoms with van der Waals surface area (Å²) in [5, 5.41) is 8.38. The largest absolute Gasteiger partial charge is 0.378 e. The molecule has 0 spiro atoms. The molecular formula is C22H22N4O2. The maximum atomic E-state index is 12.4. The zero-order chi connectivity index (χ0) is 19.9. The number of amides is 2. The third-order valence-electron chi connectivity index (χ3n) is 4.26. The van der Waals surface area contributed by atoms with Gasteiger partial charge in [0.25, 0.3) is 11.8 Å². The Morgan fingerprint density at radius 3 is 2.43 bits per heavy atom. The number of carbonyl (C=O) groups is 2. The molecule has 0 unspecified atom stereocenters. The fraction of sp³-hybridized carbons (Fsp3) is 0.136. The predicted molar refractivity (Wildman–Crippen MR) is 113 cm³/mol. The maximum Gasteiger partial charge on any atom is 0.259 e. The van der Waals surface area contributed by atoms with Gasteiger partial charge in [0.15, 0.2) is 0 Å². The summed E-state index contributed by atoms with van der Waals surface area (Å²) in [6, 6.07) is 20.9. The van der Waals surface area contributed by atoms with Crippen molar-refractivity contribution in [3.05, 3.63) is 77.9 Å². The fourth-order valence-electron chi connectivity index (χ4n) is 2.76. The quantitative estimate of drug-likeness (QED) is 0.515. The Balaban J connectivity index is 1.53. The SMILES string of the molecule is CN(C)c1ccc(C=NNC(=O)CNC(=O)c2cccc3ccccc23)cc1. The van der Waals surface area contributed by atoms with Crippen LogP contribution in [0.15, 0.2) is 71.8 Å². The van der Waals surface area contributed by atoms with Crippen LogP contribution in [0.1, 0.15) is 15.9 Å². The number of anilines is 1. The molecule has 2 N–H and O–H groups in total. The molecule has 0 aliphatic carbocycles. The first-order valence-electron chi connectivity index (χ1n) is 8.90. The van der Waals surface area contributed by atoms with Gasteiger partial charge in [0, 0.05) is 25.3 Å². The molecule has 3 aromatic carbocycles. The molecule has 0 saturated carbocycles. The summed E-state index contributed by atoms with van der Waals surface area (Å²) in [5.41, 5.74) is 4.90. The molecule has 142 valence electrons. The highest BCUT2D eigenvalue weighted by Crippen LogP contribution is 2.18. The minimum atomic E-state index is -0.394. The van der Waals surface area contributed by atoms with Crippen molar-refractivity contribution in [3.8, 4) is 0 Å². The third-order valence-corrected chi connectivity index (χ3v) is 4.26. The molecule has 6 heteroatoms. The van der Waals surface area contributed by atoms with Crippen molar-refractivity contribution >= 4 is 34.5 Å². The molecule has 6 nitrogen and oxygen atoms in total. The maximum absolute atomic E-state index is 12.4. The van der Waals surface area contributed by atoms with Gasteiger partial charge >= 0.3 is 0 Å². The molecule has 0 saturated heterocycles. The molecule has 0 aliphatic rings. The van der Waals surface area contributed by atoms with E-state index in [1.807, 2.05) is 79.7 Å². The van der Waals surface area contributed by atoms with E-state index >= 15 is 0 Å². The van der Waals surface area contributed by atoms with Gasteiger partial charge in [-0.15, -0.1) is 0 Å². The molecule has 0 atom stereocenters. The van der Waals surface area contributed by atoms with Gasteiger partial charge < -0.3 is 10.2 Å². The topological polar surface area (TPSA) is 73.8 Å². The molecule has 0 aromatic heterocycles. The van der Waals surface area contributed by atoms with Gasteiger partial charge in [-0.25, -0.2) is 5.43 Å². The zero-order valence-corrected chi connectivity index (χ0v) is 15.8. The lowest BCUT2D eigenvalue weighted by atomic mass is 10.0. The van der Waals surface area contributed by atoms with E-state index in [-0.39, 0.29) is 12.5 Å². The summed E-state index contributed by atoms with van der Waals surface area (Å²) in [4.78, 5) is 26.3. The van der Waals surface area contributed by atoms with Gasteiger partial charge in [-0.3, -0.25) is 9.59 Å². The number of rotatable bonds is 6. The predicted octanol–water partition coefficient (Wildman–Crippen LogP) is 2.79. The molecule has 0 aliphatic heterocycles. The molecule has 3 rings (SSSR count). The molecule has 0 fully saturated rings. The fourth-order valence-corrected chi connectivity index (χ4v) is 2.76. The van der Waals surface area contributed by atoms with Crippen LogP contribution >= 0.6 is 0 Å². The summed E-state index contributed by atoms with van der Waals surface area (Å²) < 4.78 is 0. The highest BCUT2D eigenvalue weighted by Gasteiger charge is 2.10. The number of nitrogens with one attached hydrogen (secondary N) is 2. The number of carbonyl (C=O) groups excluding carboxylic acids is 2. The normalized spacial score (nSPS) is 10.8. The van der Waals surface area contributed by atoms with Gasteiger partial charge in [-0.05, 0) is 34.5 Å². The van der Waals surface area contributed by atoms with Gasteiger partial charge in [0.05, 0.1) is 12.8 Å². The van der Waals surface area contributed by atoms with Crippen LogP contribution in [0.5, 0.6) is 0 Å². The second-order valence-electron chi connectivity index (χ2n) is 6.49. The van der Waals surface area contributed by atoms with Crippen LogP contribution in [0.3, 0.4) is 0 Å². The Morgan fingerprint density at radius 1 is 0.964 bits per heavy atom. The molecule has 0 bridgehead atoms. The van der Waals surface area contributed by atoms with Gasteiger partial charge in [0.1, 0.15) is 0 Å². The number of nitrogens with zero attached hydrogens (tertiary/aromatic N) is 2. The molecule has 28 heavy (non-hydrogen) atoms. The Hall–Kier alpha value is -3.67. The minimum Gasteiger partial charge on any atom is -0.378 e. The van der Waals surface area contributed by atoms with Crippen molar-refractivity contribution in [1.29, 1.82) is 0 Å².